The number of carbonyl (C=O) groups excluding carboxylic acids is 2. The molecule has 0 bridgehead atoms. The third kappa shape index (κ3) is 4.23. The molecule has 0 aromatic rings. The summed E-state index contributed by atoms with van der Waals surface area (Å²) in [7, 11) is 0. The van der Waals surface area contributed by atoms with E-state index < -0.39 is 17.9 Å². The number of carboxylic acids is 1. The number of nitrogens with two attached hydrogens (primary N) is 1. The highest BCUT2D eigenvalue weighted by atomic mass is 16.4. The molecule has 1 fully saturated rings. The molecule has 1 saturated heterocycles. The van der Waals surface area contributed by atoms with Gasteiger partial charge < -0.3 is 21.1 Å². The summed E-state index contributed by atoms with van der Waals surface area (Å²) in [4.78, 5) is 34.7. The molecule has 4 N–H and O–H groups in total. The molecular formula is C11H19N3O4. The van der Waals surface area contributed by atoms with Gasteiger partial charge in [-0.05, 0) is 25.7 Å². The Hall–Kier alpha value is -1.79. The Labute approximate surface area is 105 Å². The number of rotatable bonds is 5. The molecule has 0 aliphatic carbocycles. The third-order valence-corrected chi connectivity index (χ3v) is 2.92. The van der Waals surface area contributed by atoms with E-state index in [0.29, 0.717) is 25.9 Å². The van der Waals surface area contributed by atoms with Gasteiger partial charge in [0.25, 0.3) is 0 Å². The van der Waals surface area contributed by atoms with E-state index >= 15 is 0 Å². The molecule has 0 aromatic heterocycles. The van der Waals surface area contributed by atoms with Gasteiger partial charge in [-0.15, -0.1) is 0 Å². The fraction of sp³-hybridized carbons (Fsp3) is 0.727. The van der Waals surface area contributed by atoms with Crippen LogP contribution in [0.25, 0.3) is 0 Å². The van der Waals surface area contributed by atoms with E-state index in [4.69, 9.17) is 10.8 Å². The minimum absolute atomic E-state index is 0.211. The average Bonchev–Trinajstić information content (AvgIpc) is 2.34. The maximum absolute atomic E-state index is 11.8. The van der Waals surface area contributed by atoms with Gasteiger partial charge in [0.2, 0.25) is 5.91 Å². The van der Waals surface area contributed by atoms with Gasteiger partial charge in [-0.1, -0.05) is 0 Å². The Morgan fingerprint density at radius 3 is 2.67 bits per heavy atom. The number of nitrogens with one attached hydrogen (secondary N) is 1. The van der Waals surface area contributed by atoms with Crippen LogP contribution >= 0.6 is 0 Å². The molecule has 18 heavy (non-hydrogen) atoms. The SMILES string of the molecule is NC(=O)CCCNC(=O)N1CCCCC1C(=O)O. The highest BCUT2D eigenvalue weighted by Gasteiger charge is 2.31. The number of piperidine rings is 1. The minimum atomic E-state index is -0.970. The van der Waals surface area contributed by atoms with Crippen molar-refractivity contribution < 1.29 is 19.5 Å². The maximum atomic E-state index is 11.8. The number of hydrogen-bond donors (Lipinski definition) is 3. The van der Waals surface area contributed by atoms with Crippen LogP contribution in [0.15, 0.2) is 0 Å². The quantitative estimate of drug-likeness (QED) is 0.597. The number of primary amides is 1. The van der Waals surface area contributed by atoms with Crippen LogP contribution in [0.1, 0.15) is 32.1 Å². The molecule has 1 unspecified atom stereocenters. The fourth-order valence-corrected chi connectivity index (χ4v) is 1.99. The van der Waals surface area contributed by atoms with E-state index in [0.717, 1.165) is 12.8 Å². The lowest BCUT2D eigenvalue weighted by Crippen LogP contribution is -2.52. The predicted molar refractivity (Wildman–Crippen MR) is 63.8 cm³/mol. The molecule has 1 aliphatic heterocycles. The predicted octanol–water partition coefficient (Wildman–Crippen LogP) is -0.0994. The lowest BCUT2D eigenvalue weighted by molar-refractivity contribution is -0.143. The molecule has 7 nitrogen and oxygen atoms in total. The number of carboxylic acid groups (broad SMARTS) is 1. The summed E-state index contributed by atoms with van der Waals surface area (Å²) in [6.45, 7) is 0.781. The zero-order valence-corrected chi connectivity index (χ0v) is 10.2. The number of hydrogen-bond acceptors (Lipinski definition) is 3. The van der Waals surface area contributed by atoms with Crippen molar-refractivity contribution in [1.29, 1.82) is 0 Å². The van der Waals surface area contributed by atoms with Crippen LogP contribution in [0.3, 0.4) is 0 Å². The normalized spacial score (nSPS) is 19.3. The van der Waals surface area contributed by atoms with Crippen molar-refractivity contribution in [2.45, 2.75) is 38.1 Å². The summed E-state index contributed by atoms with van der Waals surface area (Å²) in [6.07, 6.45) is 2.81. The van der Waals surface area contributed by atoms with Gasteiger partial charge in [0.1, 0.15) is 6.04 Å². The molecule has 1 heterocycles. The smallest absolute Gasteiger partial charge is 0.326 e. The number of likely N-dealkylation sites (tertiary alicyclic amines) is 1. The topological polar surface area (TPSA) is 113 Å². The molecule has 1 aliphatic rings. The number of carbonyl (C=O) groups is 3. The largest absolute Gasteiger partial charge is 0.480 e. The summed E-state index contributed by atoms with van der Waals surface area (Å²) in [5, 5.41) is 11.6. The number of nitrogens with zero attached hydrogens (tertiary/aromatic N) is 1. The average molecular weight is 257 g/mol. The van der Waals surface area contributed by atoms with E-state index in [1.165, 1.54) is 4.90 Å². The molecule has 7 heteroatoms. The Bertz CT molecular complexity index is 332. The fourth-order valence-electron chi connectivity index (χ4n) is 1.99. The van der Waals surface area contributed by atoms with Crippen LogP contribution in [0.2, 0.25) is 0 Å². The van der Waals surface area contributed by atoms with Crippen LogP contribution in [0, 0.1) is 0 Å². The maximum Gasteiger partial charge on any atom is 0.326 e. The van der Waals surface area contributed by atoms with Crippen molar-refractivity contribution in [3.63, 3.8) is 0 Å². The zero-order chi connectivity index (χ0) is 13.5. The van der Waals surface area contributed by atoms with E-state index in [-0.39, 0.29) is 12.5 Å². The Morgan fingerprint density at radius 1 is 1.33 bits per heavy atom. The van der Waals surface area contributed by atoms with Crippen LogP contribution in [0.5, 0.6) is 0 Å². The summed E-state index contributed by atoms with van der Waals surface area (Å²) >= 11 is 0. The second-order valence-corrected chi connectivity index (χ2v) is 4.35. The monoisotopic (exact) mass is 257 g/mol. The van der Waals surface area contributed by atoms with E-state index in [1.807, 2.05) is 0 Å². The van der Waals surface area contributed by atoms with E-state index in [1.54, 1.807) is 0 Å². The first-order valence-corrected chi connectivity index (χ1v) is 6.08. The molecule has 1 rings (SSSR count). The second kappa shape index (κ2) is 6.83. The summed E-state index contributed by atoms with van der Waals surface area (Å²) in [5.41, 5.74) is 4.97. The minimum Gasteiger partial charge on any atom is -0.480 e. The van der Waals surface area contributed by atoms with Crippen LogP contribution in [0.4, 0.5) is 4.79 Å². The van der Waals surface area contributed by atoms with E-state index in [9.17, 15) is 14.4 Å². The molecule has 0 radical (unpaired) electrons. The van der Waals surface area contributed by atoms with Gasteiger partial charge in [0.05, 0.1) is 0 Å². The van der Waals surface area contributed by atoms with Gasteiger partial charge in [-0.2, -0.15) is 0 Å². The molecule has 0 saturated carbocycles. The molecule has 0 aromatic carbocycles. The van der Waals surface area contributed by atoms with Gasteiger partial charge in [0, 0.05) is 19.5 Å². The van der Waals surface area contributed by atoms with Crippen molar-refractivity contribution in [3.05, 3.63) is 0 Å². The molecule has 3 amide bonds. The van der Waals surface area contributed by atoms with Crippen molar-refractivity contribution in [1.82, 2.24) is 10.2 Å². The number of urea groups is 1. The lowest BCUT2D eigenvalue weighted by Gasteiger charge is -2.32. The Morgan fingerprint density at radius 2 is 2.06 bits per heavy atom. The molecule has 0 spiro atoms. The number of amides is 3. The van der Waals surface area contributed by atoms with Gasteiger partial charge in [0.15, 0.2) is 0 Å². The molecule has 102 valence electrons. The van der Waals surface area contributed by atoms with Crippen molar-refractivity contribution in [2.24, 2.45) is 5.73 Å². The second-order valence-electron chi connectivity index (χ2n) is 4.35. The van der Waals surface area contributed by atoms with Crippen LogP contribution in [-0.4, -0.2) is 47.0 Å². The highest BCUT2D eigenvalue weighted by molar-refractivity contribution is 5.82. The first-order valence-electron chi connectivity index (χ1n) is 6.08. The van der Waals surface area contributed by atoms with Crippen molar-refractivity contribution in [3.8, 4) is 0 Å². The molecular weight excluding hydrogens is 238 g/mol. The Kier molecular flexibility index (Phi) is 5.41. The van der Waals surface area contributed by atoms with Crippen molar-refractivity contribution in [2.75, 3.05) is 13.1 Å². The van der Waals surface area contributed by atoms with E-state index in [2.05, 4.69) is 5.32 Å². The lowest BCUT2D eigenvalue weighted by atomic mass is 10.0. The molecule has 1 atom stereocenters. The number of aliphatic carboxylic acids is 1. The highest BCUT2D eigenvalue weighted by Crippen LogP contribution is 2.17. The third-order valence-electron chi connectivity index (χ3n) is 2.92. The standard InChI is InChI=1S/C11H19N3O4/c12-9(15)5-3-6-13-11(18)14-7-2-1-4-8(14)10(16)17/h8H,1-7H2,(H2,12,15)(H,13,18)(H,16,17). The Balaban J connectivity index is 2.38. The van der Waals surface area contributed by atoms with Crippen molar-refractivity contribution >= 4 is 17.9 Å². The summed E-state index contributed by atoms with van der Waals surface area (Å²) in [5.74, 6) is -1.38. The summed E-state index contributed by atoms with van der Waals surface area (Å²) in [6, 6.07) is -1.12. The summed E-state index contributed by atoms with van der Waals surface area (Å²) < 4.78 is 0. The van der Waals surface area contributed by atoms with Gasteiger partial charge >= 0.3 is 12.0 Å². The first kappa shape index (κ1) is 14.3. The van der Waals surface area contributed by atoms with Gasteiger partial charge in [-0.3, -0.25) is 4.79 Å². The zero-order valence-electron chi connectivity index (χ0n) is 10.2. The first-order chi connectivity index (χ1) is 8.52. The van der Waals surface area contributed by atoms with Gasteiger partial charge in [-0.25, -0.2) is 9.59 Å². The van der Waals surface area contributed by atoms with Crippen LogP contribution in [-0.2, 0) is 9.59 Å². The van der Waals surface area contributed by atoms with Crippen LogP contribution < -0.4 is 11.1 Å².